The van der Waals surface area contributed by atoms with E-state index < -0.39 is 11.4 Å². The van der Waals surface area contributed by atoms with Gasteiger partial charge in [-0.25, -0.2) is 0 Å². The van der Waals surface area contributed by atoms with Crippen molar-refractivity contribution in [3.8, 4) is 11.5 Å². The van der Waals surface area contributed by atoms with Gasteiger partial charge in [-0.3, -0.25) is 9.59 Å². The fourth-order valence-corrected chi connectivity index (χ4v) is 2.94. The molecule has 2 rings (SSSR count). The van der Waals surface area contributed by atoms with Crippen molar-refractivity contribution < 1.29 is 19.1 Å². The van der Waals surface area contributed by atoms with E-state index in [0.29, 0.717) is 31.0 Å². The number of thiophene rings is 1. The van der Waals surface area contributed by atoms with Crippen LogP contribution in [0.5, 0.6) is 0 Å². The molecule has 0 unspecified atom stereocenters. The van der Waals surface area contributed by atoms with E-state index in [-0.39, 0.29) is 18.9 Å². The standard InChI is InChI=1S/C16H21N3O4S/c1-3-16(4-2,15(21)22)10-17-12(20)5-6-13-18-19-14(23-13)11-7-8-24-9-11/h7-9H,3-6,10H2,1-2H3,(H,17,20)(H,21,22). The third-order valence-corrected chi connectivity index (χ3v) is 4.92. The summed E-state index contributed by atoms with van der Waals surface area (Å²) in [5, 5.41) is 23.8. The smallest absolute Gasteiger partial charge is 0.311 e. The van der Waals surface area contributed by atoms with E-state index >= 15 is 0 Å². The van der Waals surface area contributed by atoms with Crippen molar-refractivity contribution in [3.05, 3.63) is 22.7 Å². The third kappa shape index (κ3) is 4.19. The molecule has 0 saturated carbocycles. The van der Waals surface area contributed by atoms with Gasteiger partial charge in [0.25, 0.3) is 0 Å². The minimum absolute atomic E-state index is 0.123. The molecule has 1 amide bonds. The van der Waals surface area contributed by atoms with E-state index in [1.165, 1.54) is 11.3 Å². The van der Waals surface area contributed by atoms with Crippen LogP contribution in [0.3, 0.4) is 0 Å². The molecular formula is C16H21N3O4S. The van der Waals surface area contributed by atoms with Gasteiger partial charge >= 0.3 is 5.97 Å². The van der Waals surface area contributed by atoms with Crippen molar-refractivity contribution in [2.45, 2.75) is 39.5 Å². The van der Waals surface area contributed by atoms with Gasteiger partial charge in [0.1, 0.15) is 0 Å². The van der Waals surface area contributed by atoms with Crippen LogP contribution in [0.1, 0.15) is 39.0 Å². The van der Waals surface area contributed by atoms with Gasteiger partial charge in [-0.1, -0.05) is 13.8 Å². The zero-order chi connectivity index (χ0) is 17.6. The molecule has 24 heavy (non-hydrogen) atoms. The predicted molar refractivity (Wildman–Crippen MR) is 89.6 cm³/mol. The topological polar surface area (TPSA) is 105 Å². The fourth-order valence-electron chi connectivity index (χ4n) is 2.31. The van der Waals surface area contributed by atoms with Gasteiger partial charge in [-0.15, -0.1) is 10.2 Å². The van der Waals surface area contributed by atoms with Crippen LogP contribution in [-0.2, 0) is 16.0 Å². The molecule has 2 aromatic heterocycles. The highest BCUT2D eigenvalue weighted by Gasteiger charge is 2.35. The molecule has 0 aromatic carbocycles. The number of hydrogen-bond acceptors (Lipinski definition) is 6. The van der Waals surface area contributed by atoms with Crippen molar-refractivity contribution >= 4 is 23.2 Å². The second-order valence-electron chi connectivity index (χ2n) is 5.58. The maximum Gasteiger partial charge on any atom is 0.311 e. The molecule has 7 nitrogen and oxygen atoms in total. The van der Waals surface area contributed by atoms with Gasteiger partial charge in [-0.2, -0.15) is 11.3 Å². The Morgan fingerprint density at radius 2 is 2.08 bits per heavy atom. The second kappa shape index (κ2) is 8.05. The average Bonchev–Trinajstić information content (AvgIpc) is 3.25. The monoisotopic (exact) mass is 351 g/mol. The molecule has 0 aliphatic heterocycles. The summed E-state index contributed by atoms with van der Waals surface area (Å²) in [5.74, 6) is -0.279. The molecule has 0 fully saturated rings. The Bertz CT molecular complexity index is 677. The van der Waals surface area contributed by atoms with Gasteiger partial charge in [0.2, 0.25) is 17.7 Å². The summed E-state index contributed by atoms with van der Waals surface area (Å²) in [7, 11) is 0. The van der Waals surface area contributed by atoms with Crippen LogP contribution in [0.15, 0.2) is 21.2 Å². The molecule has 0 saturated heterocycles. The Labute approximate surface area is 144 Å². The molecule has 0 radical (unpaired) electrons. The van der Waals surface area contributed by atoms with Crippen LogP contribution < -0.4 is 5.32 Å². The van der Waals surface area contributed by atoms with E-state index in [1.54, 1.807) is 0 Å². The molecule has 2 aromatic rings. The number of amides is 1. The van der Waals surface area contributed by atoms with Crippen LogP contribution in [0.2, 0.25) is 0 Å². The van der Waals surface area contributed by atoms with Crippen LogP contribution in [0, 0.1) is 5.41 Å². The highest BCUT2D eigenvalue weighted by Crippen LogP contribution is 2.25. The number of carbonyl (C=O) groups excluding carboxylic acids is 1. The van der Waals surface area contributed by atoms with Gasteiger partial charge in [-0.05, 0) is 24.3 Å². The van der Waals surface area contributed by atoms with Crippen molar-refractivity contribution in [2.75, 3.05) is 6.54 Å². The third-order valence-electron chi connectivity index (χ3n) is 4.23. The zero-order valence-electron chi connectivity index (χ0n) is 13.7. The Kier molecular flexibility index (Phi) is 6.08. The Morgan fingerprint density at radius 1 is 1.33 bits per heavy atom. The first-order chi connectivity index (χ1) is 11.5. The minimum Gasteiger partial charge on any atom is -0.481 e. The lowest BCUT2D eigenvalue weighted by Crippen LogP contribution is -2.42. The summed E-state index contributed by atoms with van der Waals surface area (Å²) in [6.45, 7) is 3.75. The van der Waals surface area contributed by atoms with Gasteiger partial charge in [0, 0.05) is 30.3 Å². The van der Waals surface area contributed by atoms with Crippen LogP contribution >= 0.6 is 11.3 Å². The predicted octanol–water partition coefficient (Wildman–Crippen LogP) is 2.74. The Morgan fingerprint density at radius 3 is 2.67 bits per heavy atom. The normalized spacial score (nSPS) is 11.4. The Balaban J connectivity index is 1.84. The molecule has 0 bridgehead atoms. The number of carboxylic acids is 1. The molecule has 2 heterocycles. The number of nitrogens with one attached hydrogen (secondary N) is 1. The number of hydrogen-bond donors (Lipinski definition) is 2. The lowest BCUT2D eigenvalue weighted by molar-refractivity contribution is -0.149. The number of rotatable bonds is 9. The van der Waals surface area contributed by atoms with Gasteiger partial charge < -0.3 is 14.8 Å². The molecule has 8 heteroatoms. The number of aryl methyl sites for hydroxylation is 1. The van der Waals surface area contributed by atoms with E-state index in [0.717, 1.165) is 5.56 Å². The van der Waals surface area contributed by atoms with Crippen molar-refractivity contribution in [1.29, 1.82) is 0 Å². The van der Waals surface area contributed by atoms with E-state index in [9.17, 15) is 14.7 Å². The van der Waals surface area contributed by atoms with Crippen LogP contribution in [-0.4, -0.2) is 33.7 Å². The largest absolute Gasteiger partial charge is 0.481 e. The van der Waals surface area contributed by atoms with E-state index in [2.05, 4.69) is 15.5 Å². The highest BCUT2D eigenvalue weighted by atomic mass is 32.1. The number of nitrogens with zero attached hydrogens (tertiary/aromatic N) is 2. The number of carboxylic acid groups (broad SMARTS) is 1. The summed E-state index contributed by atoms with van der Waals surface area (Å²) in [6.07, 6.45) is 1.43. The minimum atomic E-state index is -0.910. The van der Waals surface area contributed by atoms with Crippen molar-refractivity contribution in [3.63, 3.8) is 0 Å². The zero-order valence-corrected chi connectivity index (χ0v) is 14.6. The number of carbonyl (C=O) groups is 2. The van der Waals surface area contributed by atoms with E-state index in [1.807, 2.05) is 30.7 Å². The molecule has 0 atom stereocenters. The van der Waals surface area contributed by atoms with E-state index in [4.69, 9.17) is 4.42 Å². The summed E-state index contributed by atoms with van der Waals surface area (Å²) in [6, 6.07) is 1.88. The maximum atomic E-state index is 12.0. The summed E-state index contributed by atoms with van der Waals surface area (Å²) < 4.78 is 5.51. The lowest BCUT2D eigenvalue weighted by Gasteiger charge is -2.26. The Hall–Kier alpha value is -2.22. The molecule has 130 valence electrons. The first-order valence-corrected chi connectivity index (χ1v) is 8.80. The fraction of sp³-hybridized carbons (Fsp3) is 0.500. The van der Waals surface area contributed by atoms with Crippen molar-refractivity contribution in [1.82, 2.24) is 15.5 Å². The quantitative estimate of drug-likeness (QED) is 0.719. The summed E-state index contributed by atoms with van der Waals surface area (Å²) >= 11 is 1.54. The first-order valence-electron chi connectivity index (χ1n) is 7.85. The van der Waals surface area contributed by atoms with Gasteiger partial charge in [0.15, 0.2) is 0 Å². The van der Waals surface area contributed by atoms with Gasteiger partial charge in [0.05, 0.1) is 5.41 Å². The average molecular weight is 351 g/mol. The lowest BCUT2D eigenvalue weighted by atomic mass is 9.82. The maximum absolute atomic E-state index is 12.0. The summed E-state index contributed by atoms with van der Waals surface area (Å²) in [5.41, 5.74) is -0.0490. The molecule has 0 aliphatic carbocycles. The molecular weight excluding hydrogens is 330 g/mol. The number of aliphatic carboxylic acids is 1. The number of aromatic nitrogens is 2. The van der Waals surface area contributed by atoms with Crippen LogP contribution in [0.25, 0.3) is 11.5 Å². The van der Waals surface area contributed by atoms with Crippen molar-refractivity contribution in [2.24, 2.45) is 5.41 Å². The van der Waals surface area contributed by atoms with Crippen LogP contribution in [0.4, 0.5) is 0 Å². The highest BCUT2D eigenvalue weighted by molar-refractivity contribution is 7.08. The second-order valence-corrected chi connectivity index (χ2v) is 6.36. The SMILES string of the molecule is CCC(CC)(CNC(=O)CCc1nnc(-c2ccsc2)o1)C(=O)O. The molecule has 0 spiro atoms. The molecule has 0 aliphatic rings. The first kappa shape index (κ1) is 18.1. The molecule has 2 N–H and O–H groups in total. The summed E-state index contributed by atoms with van der Waals surface area (Å²) in [4.78, 5) is 23.4.